The molecule has 0 spiro atoms. The summed E-state index contributed by atoms with van der Waals surface area (Å²) in [6.45, 7) is 8.02. The van der Waals surface area contributed by atoms with Gasteiger partial charge in [0.25, 0.3) is 0 Å². The molecule has 0 N–H and O–H groups in total. The molecule has 0 amide bonds. The minimum atomic E-state index is -3.43. The van der Waals surface area contributed by atoms with Crippen molar-refractivity contribution >= 4 is 10.0 Å². The van der Waals surface area contributed by atoms with Crippen molar-refractivity contribution in [1.29, 1.82) is 0 Å². The predicted molar refractivity (Wildman–Crippen MR) is 82.1 cm³/mol. The van der Waals surface area contributed by atoms with Gasteiger partial charge in [0, 0.05) is 12.1 Å². The first-order chi connectivity index (χ1) is 9.37. The number of benzene rings is 1. The second kappa shape index (κ2) is 5.70. The summed E-state index contributed by atoms with van der Waals surface area (Å²) in [5, 5.41) is 0. The fraction of sp³-hybridized carbons (Fsp3) is 0.500. The standard InChI is InChI=1S/C16H23NO2S/c1-5-6-15-11-13(3)14(4)17(15)20(18,19)16-9-7-12(2)8-10-16/h7-11,14-15H,5-6H2,1-4H3/t14-,15-/m0/s1. The molecule has 20 heavy (non-hydrogen) atoms. The van der Waals surface area contributed by atoms with E-state index in [4.69, 9.17) is 0 Å². The van der Waals surface area contributed by atoms with Crippen molar-refractivity contribution < 1.29 is 8.42 Å². The summed E-state index contributed by atoms with van der Waals surface area (Å²) in [5.74, 6) is 0. The normalized spacial score (nSPS) is 23.9. The highest BCUT2D eigenvalue weighted by Crippen LogP contribution is 2.32. The highest BCUT2D eigenvalue weighted by atomic mass is 32.2. The van der Waals surface area contributed by atoms with E-state index in [1.54, 1.807) is 16.4 Å². The quantitative estimate of drug-likeness (QED) is 0.797. The van der Waals surface area contributed by atoms with Crippen molar-refractivity contribution in [2.24, 2.45) is 0 Å². The van der Waals surface area contributed by atoms with Gasteiger partial charge in [-0.25, -0.2) is 8.42 Å². The minimum Gasteiger partial charge on any atom is -0.207 e. The maximum atomic E-state index is 12.9. The molecule has 0 aromatic heterocycles. The molecule has 110 valence electrons. The van der Waals surface area contributed by atoms with Crippen LogP contribution in [0, 0.1) is 6.92 Å². The molecule has 2 rings (SSSR count). The molecule has 0 bridgehead atoms. The highest BCUT2D eigenvalue weighted by molar-refractivity contribution is 7.89. The monoisotopic (exact) mass is 293 g/mol. The first-order valence-electron chi connectivity index (χ1n) is 7.16. The van der Waals surface area contributed by atoms with Crippen molar-refractivity contribution in [2.75, 3.05) is 0 Å². The number of hydrogen-bond donors (Lipinski definition) is 0. The topological polar surface area (TPSA) is 37.4 Å². The van der Waals surface area contributed by atoms with Gasteiger partial charge >= 0.3 is 0 Å². The smallest absolute Gasteiger partial charge is 0.207 e. The second-order valence-electron chi connectivity index (χ2n) is 5.59. The van der Waals surface area contributed by atoms with Crippen LogP contribution < -0.4 is 0 Å². The summed E-state index contributed by atoms with van der Waals surface area (Å²) in [6, 6.07) is 7.03. The number of sulfonamides is 1. The maximum absolute atomic E-state index is 12.9. The SMILES string of the molecule is CCC[C@H]1C=C(C)[C@H](C)N1S(=O)(=O)c1ccc(C)cc1. The van der Waals surface area contributed by atoms with Gasteiger partial charge in [-0.05, 0) is 39.3 Å². The lowest BCUT2D eigenvalue weighted by Crippen LogP contribution is -2.41. The van der Waals surface area contributed by atoms with E-state index in [2.05, 4.69) is 13.0 Å². The van der Waals surface area contributed by atoms with Crippen LogP contribution in [0.25, 0.3) is 0 Å². The Morgan fingerprint density at radius 1 is 1.15 bits per heavy atom. The van der Waals surface area contributed by atoms with Crippen molar-refractivity contribution in [2.45, 2.75) is 57.5 Å². The fourth-order valence-electron chi connectivity index (χ4n) is 2.73. The lowest BCUT2D eigenvalue weighted by Gasteiger charge is -2.28. The lowest BCUT2D eigenvalue weighted by atomic mass is 10.1. The molecule has 0 aliphatic carbocycles. The van der Waals surface area contributed by atoms with Crippen molar-refractivity contribution in [3.63, 3.8) is 0 Å². The molecule has 1 aliphatic heterocycles. The molecule has 3 nitrogen and oxygen atoms in total. The van der Waals surface area contributed by atoms with E-state index in [0.717, 1.165) is 24.0 Å². The molecule has 1 aromatic rings. The third kappa shape index (κ3) is 2.67. The lowest BCUT2D eigenvalue weighted by molar-refractivity contribution is 0.335. The molecule has 1 heterocycles. The van der Waals surface area contributed by atoms with Crippen LogP contribution in [0.4, 0.5) is 0 Å². The van der Waals surface area contributed by atoms with Crippen molar-refractivity contribution in [1.82, 2.24) is 4.31 Å². The van der Waals surface area contributed by atoms with Crippen LogP contribution in [-0.2, 0) is 10.0 Å². The van der Waals surface area contributed by atoms with E-state index in [0.29, 0.717) is 4.90 Å². The van der Waals surface area contributed by atoms with Gasteiger partial charge < -0.3 is 0 Å². The zero-order valence-corrected chi connectivity index (χ0v) is 13.4. The average molecular weight is 293 g/mol. The Kier molecular flexibility index (Phi) is 4.35. The van der Waals surface area contributed by atoms with Crippen LogP contribution >= 0.6 is 0 Å². The van der Waals surface area contributed by atoms with E-state index in [-0.39, 0.29) is 12.1 Å². The van der Waals surface area contributed by atoms with Gasteiger partial charge in [0.1, 0.15) is 0 Å². The van der Waals surface area contributed by atoms with E-state index in [1.165, 1.54) is 0 Å². The molecule has 1 aliphatic rings. The number of aryl methyl sites for hydroxylation is 1. The van der Waals surface area contributed by atoms with Crippen molar-refractivity contribution in [3.8, 4) is 0 Å². The minimum absolute atomic E-state index is 0.0127. The Labute approximate surface area is 122 Å². The Balaban J connectivity index is 2.40. The maximum Gasteiger partial charge on any atom is 0.244 e. The molecule has 0 saturated heterocycles. The number of hydrogen-bond acceptors (Lipinski definition) is 2. The van der Waals surface area contributed by atoms with Gasteiger partial charge in [0.2, 0.25) is 10.0 Å². The Morgan fingerprint density at radius 2 is 1.75 bits per heavy atom. The molecule has 2 atom stereocenters. The molecule has 0 fully saturated rings. The molecular weight excluding hydrogens is 270 g/mol. The van der Waals surface area contributed by atoms with Gasteiger partial charge in [0.15, 0.2) is 0 Å². The molecular formula is C16H23NO2S. The number of nitrogens with zero attached hydrogens (tertiary/aromatic N) is 1. The Hall–Kier alpha value is -1.13. The van der Waals surface area contributed by atoms with Crippen LogP contribution in [0.15, 0.2) is 40.8 Å². The Bertz CT molecular complexity index is 602. The summed E-state index contributed by atoms with van der Waals surface area (Å²) in [4.78, 5) is 0.388. The third-order valence-corrected chi connectivity index (χ3v) is 6.01. The molecule has 4 heteroatoms. The molecule has 0 unspecified atom stereocenters. The summed E-state index contributed by atoms with van der Waals surface area (Å²) >= 11 is 0. The zero-order valence-electron chi connectivity index (χ0n) is 12.6. The first kappa shape index (κ1) is 15.3. The average Bonchev–Trinajstić information content (AvgIpc) is 2.66. The van der Waals surface area contributed by atoms with Crippen LogP contribution in [0.3, 0.4) is 0 Å². The van der Waals surface area contributed by atoms with Gasteiger partial charge in [-0.1, -0.05) is 42.7 Å². The zero-order chi connectivity index (χ0) is 14.9. The van der Waals surface area contributed by atoms with Crippen LogP contribution in [-0.4, -0.2) is 24.8 Å². The van der Waals surface area contributed by atoms with Gasteiger partial charge in [-0.2, -0.15) is 4.31 Å². The highest BCUT2D eigenvalue weighted by Gasteiger charge is 2.38. The Morgan fingerprint density at radius 3 is 2.30 bits per heavy atom. The van der Waals surface area contributed by atoms with Crippen LogP contribution in [0.2, 0.25) is 0 Å². The molecule has 0 radical (unpaired) electrons. The van der Waals surface area contributed by atoms with Gasteiger partial charge in [0.05, 0.1) is 4.90 Å². The van der Waals surface area contributed by atoms with E-state index in [1.807, 2.05) is 32.9 Å². The van der Waals surface area contributed by atoms with E-state index < -0.39 is 10.0 Å². The fourth-order valence-corrected chi connectivity index (χ4v) is 4.56. The summed E-state index contributed by atoms with van der Waals surface area (Å²) in [7, 11) is -3.43. The third-order valence-electron chi connectivity index (χ3n) is 4.00. The summed E-state index contributed by atoms with van der Waals surface area (Å²) in [5.41, 5.74) is 2.21. The summed E-state index contributed by atoms with van der Waals surface area (Å²) in [6.07, 6.45) is 3.94. The van der Waals surface area contributed by atoms with E-state index in [9.17, 15) is 8.42 Å². The van der Waals surface area contributed by atoms with Gasteiger partial charge in [-0.3, -0.25) is 0 Å². The first-order valence-corrected chi connectivity index (χ1v) is 8.60. The molecule has 1 aromatic carbocycles. The van der Waals surface area contributed by atoms with Crippen LogP contribution in [0.5, 0.6) is 0 Å². The van der Waals surface area contributed by atoms with Crippen LogP contribution in [0.1, 0.15) is 39.2 Å². The number of rotatable bonds is 4. The van der Waals surface area contributed by atoms with E-state index >= 15 is 0 Å². The van der Waals surface area contributed by atoms with Gasteiger partial charge in [-0.15, -0.1) is 0 Å². The molecule has 0 saturated carbocycles. The summed E-state index contributed by atoms with van der Waals surface area (Å²) < 4.78 is 27.4. The van der Waals surface area contributed by atoms with Crippen molar-refractivity contribution in [3.05, 3.63) is 41.5 Å². The predicted octanol–water partition coefficient (Wildman–Crippen LogP) is 3.50. The largest absolute Gasteiger partial charge is 0.244 e. The second-order valence-corrected chi connectivity index (χ2v) is 7.43.